The van der Waals surface area contributed by atoms with Gasteiger partial charge in [-0.3, -0.25) is 0 Å². The Morgan fingerprint density at radius 3 is 1.27 bits per heavy atom. The van der Waals surface area contributed by atoms with Gasteiger partial charge in [0.2, 0.25) is 0 Å². The molecule has 3 heteroatoms. The van der Waals surface area contributed by atoms with E-state index in [1.54, 1.807) is 0 Å². The molecule has 3 aromatic rings. The van der Waals surface area contributed by atoms with Crippen molar-refractivity contribution in [2.24, 2.45) is 0 Å². The van der Waals surface area contributed by atoms with Crippen LogP contribution in [-0.4, -0.2) is 10.2 Å². The number of phenolic OH excluding ortho intramolecular Hbond substituents is 2. The molecule has 0 bridgehead atoms. The van der Waals surface area contributed by atoms with Crippen molar-refractivity contribution in [2.75, 3.05) is 0 Å². The van der Waals surface area contributed by atoms with E-state index in [1.165, 1.54) is 16.4 Å². The highest BCUT2D eigenvalue weighted by Gasteiger charge is 2.33. The van der Waals surface area contributed by atoms with Crippen molar-refractivity contribution in [1.82, 2.24) is 0 Å². The standard InChI is InChI=1S/C34H47O2P/c1-20(2)24-14-13-15-25(21(3)4)32(24)37(28-18-22(5)16-26(30(28)35)33(7,8)9)29-19-23(6)17-27(31(29)36)34(10,11)12/h13-21,35-36H,1-12H3. The van der Waals surface area contributed by atoms with Crippen molar-refractivity contribution in [1.29, 1.82) is 0 Å². The minimum atomic E-state index is -1.25. The molecule has 0 heterocycles. The van der Waals surface area contributed by atoms with Gasteiger partial charge in [-0.25, -0.2) is 0 Å². The van der Waals surface area contributed by atoms with Crippen LogP contribution in [0.15, 0.2) is 42.5 Å². The molecule has 0 atom stereocenters. The Kier molecular flexibility index (Phi) is 8.26. The number of phenols is 2. The van der Waals surface area contributed by atoms with Gasteiger partial charge in [-0.2, -0.15) is 0 Å². The second-order valence-corrected chi connectivity index (χ2v) is 15.4. The molecule has 2 nitrogen and oxygen atoms in total. The van der Waals surface area contributed by atoms with Crippen LogP contribution in [0.4, 0.5) is 0 Å². The Hall–Kier alpha value is -2.31. The molecule has 2 N–H and O–H groups in total. The summed E-state index contributed by atoms with van der Waals surface area (Å²) < 4.78 is 0. The molecule has 0 fully saturated rings. The molecule has 0 saturated carbocycles. The van der Waals surface area contributed by atoms with E-state index in [9.17, 15) is 10.2 Å². The van der Waals surface area contributed by atoms with Gasteiger partial charge < -0.3 is 10.2 Å². The molecule has 0 spiro atoms. The van der Waals surface area contributed by atoms with Crippen molar-refractivity contribution in [3.05, 3.63) is 75.8 Å². The lowest BCUT2D eigenvalue weighted by atomic mass is 9.85. The van der Waals surface area contributed by atoms with Crippen molar-refractivity contribution in [2.45, 2.75) is 106 Å². The number of hydrogen-bond donors (Lipinski definition) is 2. The normalized spacial score (nSPS) is 12.7. The maximum absolute atomic E-state index is 11.9. The summed E-state index contributed by atoms with van der Waals surface area (Å²) in [6.07, 6.45) is 0. The van der Waals surface area contributed by atoms with E-state index in [-0.39, 0.29) is 10.8 Å². The van der Waals surface area contributed by atoms with Crippen molar-refractivity contribution >= 4 is 23.8 Å². The first-order chi connectivity index (χ1) is 16.9. The first-order valence-corrected chi connectivity index (χ1v) is 14.9. The predicted molar refractivity (Wildman–Crippen MR) is 164 cm³/mol. The summed E-state index contributed by atoms with van der Waals surface area (Å²) in [5, 5.41) is 27.0. The van der Waals surface area contributed by atoms with Gasteiger partial charge >= 0.3 is 0 Å². The SMILES string of the molecule is Cc1cc(P(c2cc(C)cc(C(C)(C)C)c2O)c2c(C(C)C)cccc2C(C)C)c(O)c(C(C)(C)C)c1. The third-order valence-electron chi connectivity index (χ3n) is 7.13. The summed E-state index contributed by atoms with van der Waals surface area (Å²) in [4.78, 5) is 0. The maximum atomic E-state index is 11.9. The summed E-state index contributed by atoms with van der Waals surface area (Å²) in [6, 6.07) is 15.1. The summed E-state index contributed by atoms with van der Waals surface area (Å²) in [5.41, 5.74) is 6.30. The average molecular weight is 519 g/mol. The summed E-state index contributed by atoms with van der Waals surface area (Å²) >= 11 is 0. The van der Waals surface area contributed by atoms with E-state index < -0.39 is 7.92 Å². The van der Waals surface area contributed by atoms with Crippen LogP contribution in [0.3, 0.4) is 0 Å². The first kappa shape index (κ1) is 29.2. The minimum Gasteiger partial charge on any atom is -0.507 e. The highest BCUT2D eigenvalue weighted by molar-refractivity contribution is 7.80. The second-order valence-electron chi connectivity index (χ2n) is 13.3. The van der Waals surface area contributed by atoms with Crippen LogP contribution in [0.1, 0.15) is 114 Å². The van der Waals surface area contributed by atoms with Crippen LogP contribution < -0.4 is 15.9 Å². The first-order valence-electron chi connectivity index (χ1n) is 13.6. The minimum absolute atomic E-state index is 0.213. The van der Waals surface area contributed by atoms with Crippen LogP contribution in [-0.2, 0) is 10.8 Å². The van der Waals surface area contributed by atoms with Crippen LogP contribution in [0, 0.1) is 13.8 Å². The quantitative estimate of drug-likeness (QED) is 0.333. The Bertz CT molecular complexity index is 1190. The third-order valence-corrected chi connectivity index (χ3v) is 9.74. The zero-order valence-corrected chi connectivity index (χ0v) is 25.9. The van der Waals surface area contributed by atoms with E-state index in [0.29, 0.717) is 23.3 Å². The number of benzene rings is 3. The predicted octanol–water partition coefficient (Wildman–Crippen LogP) is 8.31. The summed E-state index contributed by atoms with van der Waals surface area (Å²) in [6.45, 7) is 26.1. The molecule has 0 aliphatic rings. The van der Waals surface area contributed by atoms with E-state index in [1.807, 2.05) is 0 Å². The molecule has 0 radical (unpaired) electrons. The smallest absolute Gasteiger partial charge is 0.127 e. The lowest BCUT2D eigenvalue weighted by Gasteiger charge is -2.32. The van der Waals surface area contributed by atoms with Crippen LogP contribution in [0.5, 0.6) is 11.5 Å². The molecule has 0 amide bonds. The molecule has 0 unspecified atom stereocenters. The third kappa shape index (κ3) is 5.91. The highest BCUT2D eigenvalue weighted by atomic mass is 31.1. The number of aryl methyl sites for hydroxylation is 2. The molecule has 3 rings (SSSR count). The lowest BCUT2D eigenvalue weighted by Crippen LogP contribution is -2.30. The molecular formula is C34H47O2P. The number of hydrogen-bond acceptors (Lipinski definition) is 2. The van der Waals surface area contributed by atoms with Gasteiger partial charge in [0.15, 0.2) is 0 Å². The van der Waals surface area contributed by atoms with Gasteiger partial charge in [0.1, 0.15) is 11.5 Å². The fraction of sp³-hybridized carbons (Fsp3) is 0.471. The molecule has 37 heavy (non-hydrogen) atoms. The largest absolute Gasteiger partial charge is 0.507 e. The zero-order chi connectivity index (χ0) is 28.0. The number of aromatic hydroxyl groups is 2. The van der Waals surface area contributed by atoms with E-state index in [2.05, 4.69) is 126 Å². The zero-order valence-electron chi connectivity index (χ0n) is 25.0. The van der Waals surface area contributed by atoms with Gasteiger partial charge in [-0.1, -0.05) is 99.6 Å². The van der Waals surface area contributed by atoms with Gasteiger partial charge in [-0.05, 0) is 84.1 Å². The summed E-state index contributed by atoms with van der Waals surface area (Å²) in [5.74, 6) is 1.33. The van der Waals surface area contributed by atoms with Crippen LogP contribution in [0.2, 0.25) is 0 Å². The monoisotopic (exact) mass is 518 g/mol. The molecule has 0 saturated heterocycles. The Balaban J connectivity index is 2.60. The van der Waals surface area contributed by atoms with Crippen molar-refractivity contribution < 1.29 is 10.2 Å². The fourth-order valence-electron chi connectivity index (χ4n) is 5.14. The topological polar surface area (TPSA) is 40.5 Å². The molecule has 0 aliphatic carbocycles. The molecule has 0 aliphatic heterocycles. The van der Waals surface area contributed by atoms with E-state index in [0.717, 1.165) is 32.9 Å². The maximum Gasteiger partial charge on any atom is 0.127 e. The number of rotatable bonds is 5. The fourth-order valence-corrected chi connectivity index (χ4v) is 8.40. The van der Waals surface area contributed by atoms with Gasteiger partial charge in [-0.15, -0.1) is 0 Å². The van der Waals surface area contributed by atoms with Crippen molar-refractivity contribution in [3.63, 3.8) is 0 Å². The van der Waals surface area contributed by atoms with E-state index >= 15 is 0 Å². The molecule has 200 valence electrons. The van der Waals surface area contributed by atoms with Gasteiger partial charge in [0.05, 0.1) is 0 Å². The van der Waals surface area contributed by atoms with Crippen molar-refractivity contribution in [3.8, 4) is 11.5 Å². The van der Waals surface area contributed by atoms with Crippen LogP contribution in [0.25, 0.3) is 0 Å². The Morgan fingerprint density at radius 1 is 0.622 bits per heavy atom. The Labute approximate surface area is 226 Å². The van der Waals surface area contributed by atoms with Crippen LogP contribution >= 0.6 is 7.92 Å². The average Bonchev–Trinajstić information content (AvgIpc) is 2.76. The highest BCUT2D eigenvalue weighted by Crippen LogP contribution is 2.47. The Morgan fingerprint density at radius 2 is 0.973 bits per heavy atom. The van der Waals surface area contributed by atoms with Gasteiger partial charge in [0, 0.05) is 21.7 Å². The molecule has 3 aromatic carbocycles. The second kappa shape index (κ2) is 10.5. The summed E-state index contributed by atoms with van der Waals surface area (Å²) in [7, 11) is -1.25. The molecule has 0 aromatic heterocycles. The molecular weight excluding hydrogens is 471 g/mol. The van der Waals surface area contributed by atoms with Gasteiger partial charge in [0.25, 0.3) is 0 Å². The lowest BCUT2D eigenvalue weighted by molar-refractivity contribution is 0.450. The van der Waals surface area contributed by atoms with E-state index in [4.69, 9.17) is 0 Å².